The van der Waals surface area contributed by atoms with Gasteiger partial charge in [-0.15, -0.1) is 0 Å². The molecule has 0 unspecified atom stereocenters. The van der Waals surface area contributed by atoms with E-state index in [0.29, 0.717) is 19.4 Å². The number of aryl methyl sites for hydroxylation is 1. The fourth-order valence-corrected chi connectivity index (χ4v) is 4.31. The molecule has 2 N–H and O–H groups in total. The number of amides is 4. The van der Waals surface area contributed by atoms with Gasteiger partial charge in [-0.2, -0.15) is 0 Å². The molecule has 1 saturated carbocycles. The number of nitrogens with one attached hydrogen (secondary N) is 2. The lowest BCUT2D eigenvalue weighted by atomic mass is 9.98. The number of imide groups is 1. The minimum atomic E-state index is -0.701. The van der Waals surface area contributed by atoms with Gasteiger partial charge in [0.05, 0.1) is 0 Å². The summed E-state index contributed by atoms with van der Waals surface area (Å²) in [5, 5.41) is 6.93. The molecule has 1 aromatic heterocycles. The Morgan fingerprint density at radius 2 is 1.89 bits per heavy atom. The van der Waals surface area contributed by atoms with Crippen molar-refractivity contribution in [2.24, 2.45) is 0 Å². The van der Waals surface area contributed by atoms with Crippen LogP contribution in [0, 0.1) is 0 Å². The van der Waals surface area contributed by atoms with Crippen LogP contribution in [0.1, 0.15) is 38.5 Å². The summed E-state index contributed by atoms with van der Waals surface area (Å²) in [4.78, 5) is 38.0. The normalized spacial score (nSPS) is 18.2. The first-order valence-electron chi connectivity index (χ1n) is 10.0. The second kappa shape index (κ2) is 7.66. The highest BCUT2D eigenvalue weighted by molar-refractivity contribution is 6.07. The van der Waals surface area contributed by atoms with Crippen molar-refractivity contribution in [3.05, 3.63) is 36.5 Å². The number of hydrogen-bond donors (Lipinski definition) is 2. The number of carbonyl (C=O) groups is 3. The summed E-state index contributed by atoms with van der Waals surface area (Å²) in [7, 11) is 0. The van der Waals surface area contributed by atoms with Crippen molar-refractivity contribution >= 4 is 28.7 Å². The van der Waals surface area contributed by atoms with Crippen molar-refractivity contribution in [2.45, 2.75) is 50.6 Å². The number of nitrogens with zero attached hydrogens (tertiary/aromatic N) is 2. The number of aromatic nitrogens is 1. The van der Waals surface area contributed by atoms with Gasteiger partial charge in [-0.05, 0) is 36.8 Å². The van der Waals surface area contributed by atoms with E-state index in [1.807, 2.05) is 12.1 Å². The molecule has 4 amide bonds. The smallest absolute Gasteiger partial charge is 0.325 e. The van der Waals surface area contributed by atoms with Crippen LogP contribution in [0.5, 0.6) is 0 Å². The van der Waals surface area contributed by atoms with E-state index >= 15 is 0 Å². The summed E-state index contributed by atoms with van der Waals surface area (Å²) >= 11 is 0. The summed E-state index contributed by atoms with van der Waals surface area (Å²) in [5.41, 5.74) is 0.487. The van der Waals surface area contributed by atoms with E-state index in [0.717, 1.165) is 25.8 Å². The van der Waals surface area contributed by atoms with E-state index in [2.05, 4.69) is 39.6 Å². The molecule has 148 valence electrons. The second-order valence-corrected chi connectivity index (χ2v) is 7.70. The molecule has 0 atom stereocenters. The first-order valence-corrected chi connectivity index (χ1v) is 10.0. The van der Waals surface area contributed by atoms with Crippen LogP contribution in [0.25, 0.3) is 10.9 Å². The van der Waals surface area contributed by atoms with E-state index in [4.69, 9.17) is 0 Å². The van der Waals surface area contributed by atoms with Gasteiger partial charge < -0.3 is 15.2 Å². The van der Waals surface area contributed by atoms with Gasteiger partial charge in [-0.1, -0.05) is 31.0 Å². The quantitative estimate of drug-likeness (QED) is 0.570. The van der Waals surface area contributed by atoms with Gasteiger partial charge in [0.15, 0.2) is 0 Å². The summed E-state index contributed by atoms with van der Waals surface area (Å²) in [6.07, 6.45) is 6.33. The van der Waals surface area contributed by atoms with Crippen LogP contribution in [-0.4, -0.2) is 45.9 Å². The van der Waals surface area contributed by atoms with Crippen molar-refractivity contribution in [3.8, 4) is 0 Å². The van der Waals surface area contributed by atoms with Crippen LogP contribution < -0.4 is 10.6 Å². The van der Waals surface area contributed by atoms with Crippen molar-refractivity contribution in [1.82, 2.24) is 20.1 Å². The first kappa shape index (κ1) is 18.5. The van der Waals surface area contributed by atoms with E-state index in [-0.39, 0.29) is 30.8 Å². The molecule has 7 heteroatoms. The molecule has 1 aliphatic carbocycles. The van der Waals surface area contributed by atoms with E-state index < -0.39 is 5.54 Å². The van der Waals surface area contributed by atoms with Gasteiger partial charge in [0, 0.05) is 37.8 Å². The number of carbonyl (C=O) groups excluding carboxylic acids is 3. The van der Waals surface area contributed by atoms with Gasteiger partial charge in [-0.3, -0.25) is 14.5 Å². The highest BCUT2D eigenvalue weighted by atomic mass is 16.2. The fourth-order valence-electron chi connectivity index (χ4n) is 4.31. The highest BCUT2D eigenvalue weighted by Gasteiger charge is 2.52. The lowest BCUT2D eigenvalue weighted by Crippen LogP contribution is -2.44. The lowest BCUT2D eigenvalue weighted by Gasteiger charge is -2.19. The van der Waals surface area contributed by atoms with E-state index in [9.17, 15) is 14.4 Å². The molecular formula is C21H26N4O3. The number of fused-ring (bicyclic) bond motifs is 1. The van der Waals surface area contributed by atoms with Crippen LogP contribution in [0.3, 0.4) is 0 Å². The van der Waals surface area contributed by atoms with Gasteiger partial charge in [0.25, 0.3) is 5.91 Å². The minimum absolute atomic E-state index is 0.134. The van der Waals surface area contributed by atoms with Crippen molar-refractivity contribution in [2.75, 3.05) is 13.1 Å². The number of rotatable bonds is 7. The lowest BCUT2D eigenvalue weighted by molar-refractivity contribution is -0.131. The molecule has 0 bridgehead atoms. The van der Waals surface area contributed by atoms with Crippen LogP contribution in [0.2, 0.25) is 0 Å². The van der Waals surface area contributed by atoms with Gasteiger partial charge >= 0.3 is 6.03 Å². The van der Waals surface area contributed by atoms with Crippen molar-refractivity contribution in [1.29, 1.82) is 0 Å². The molecule has 1 saturated heterocycles. The second-order valence-electron chi connectivity index (χ2n) is 7.70. The fraction of sp³-hybridized carbons (Fsp3) is 0.476. The molecule has 2 aromatic rings. The van der Waals surface area contributed by atoms with E-state index in [1.165, 1.54) is 15.8 Å². The van der Waals surface area contributed by atoms with Crippen LogP contribution >= 0.6 is 0 Å². The van der Waals surface area contributed by atoms with Crippen LogP contribution in [0.4, 0.5) is 4.79 Å². The summed E-state index contributed by atoms with van der Waals surface area (Å²) in [6, 6.07) is 9.93. The molecule has 28 heavy (non-hydrogen) atoms. The van der Waals surface area contributed by atoms with Crippen LogP contribution in [0.15, 0.2) is 36.5 Å². The highest BCUT2D eigenvalue weighted by Crippen LogP contribution is 2.34. The minimum Gasteiger partial charge on any atom is -0.356 e. The standard InChI is InChI=1S/C21H26N4O3/c26-18(9-15-25-19(27)21(23-20(25)28)10-3-4-11-21)22-12-5-13-24-14-8-16-6-1-2-7-17(16)24/h1-2,6-8,14H,3-5,9-13,15H2,(H,22,26)(H,23,28). The zero-order valence-electron chi connectivity index (χ0n) is 15.9. The Bertz CT molecular complexity index is 898. The third-order valence-corrected chi connectivity index (χ3v) is 5.84. The molecule has 2 fully saturated rings. The maximum Gasteiger partial charge on any atom is 0.325 e. The molecule has 1 aromatic carbocycles. The SMILES string of the molecule is O=C(CCN1C(=O)NC2(CCCC2)C1=O)NCCCn1ccc2ccccc21. The Hall–Kier alpha value is -2.83. The third kappa shape index (κ3) is 3.48. The van der Waals surface area contributed by atoms with E-state index in [1.54, 1.807) is 0 Å². The maximum absolute atomic E-state index is 12.6. The number of benzene rings is 1. The molecule has 1 aliphatic heterocycles. The molecule has 0 radical (unpaired) electrons. The largest absolute Gasteiger partial charge is 0.356 e. The Morgan fingerprint density at radius 1 is 1.11 bits per heavy atom. The zero-order valence-corrected chi connectivity index (χ0v) is 15.9. The van der Waals surface area contributed by atoms with Gasteiger partial charge in [-0.25, -0.2) is 4.79 Å². The predicted molar refractivity (Wildman–Crippen MR) is 106 cm³/mol. The Kier molecular flexibility index (Phi) is 5.07. The Morgan fingerprint density at radius 3 is 2.71 bits per heavy atom. The maximum atomic E-state index is 12.6. The van der Waals surface area contributed by atoms with Gasteiger partial charge in [0.2, 0.25) is 5.91 Å². The van der Waals surface area contributed by atoms with Crippen molar-refractivity contribution in [3.63, 3.8) is 0 Å². The summed E-state index contributed by atoms with van der Waals surface area (Å²) in [6.45, 7) is 1.53. The predicted octanol–water partition coefficient (Wildman–Crippen LogP) is 2.40. The summed E-state index contributed by atoms with van der Waals surface area (Å²) in [5.74, 6) is -0.298. The number of para-hydroxylation sites is 1. The topological polar surface area (TPSA) is 83.4 Å². The van der Waals surface area contributed by atoms with Crippen LogP contribution in [-0.2, 0) is 16.1 Å². The van der Waals surface area contributed by atoms with Gasteiger partial charge in [0.1, 0.15) is 5.54 Å². The molecule has 2 heterocycles. The molecule has 7 nitrogen and oxygen atoms in total. The summed E-state index contributed by atoms with van der Waals surface area (Å²) < 4.78 is 2.18. The average molecular weight is 382 g/mol. The zero-order chi connectivity index (χ0) is 19.6. The average Bonchev–Trinajstić information content (AvgIpc) is 3.38. The molecule has 4 rings (SSSR count). The van der Waals surface area contributed by atoms with Crippen molar-refractivity contribution < 1.29 is 14.4 Å². The Labute approximate surface area is 164 Å². The number of urea groups is 1. The molecular weight excluding hydrogens is 356 g/mol. The first-order chi connectivity index (χ1) is 13.6. The Balaban J connectivity index is 1.20. The molecule has 2 aliphatic rings. The molecule has 1 spiro atoms. The number of hydrogen-bond acceptors (Lipinski definition) is 3. The monoisotopic (exact) mass is 382 g/mol. The third-order valence-electron chi connectivity index (χ3n) is 5.84.